The van der Waals surface area contributed by atoms with Crippen molar-refractivity contribution in [1.29, 1.82) is 0 Å². The highest BCUT2D eigenvalue weighted by Gasteiger charge is 2.51. The average Bonchev–Trinajstić information content (AvgIpc) is 2.34. The minimum atomic E-state index is 0.404. The maximum absolute atomic E-state index is 12.4. The molecule has 3 rings (SSSR count). The molecule has 0 N–H and O–H groups in total. The summed E-state index contributed by atoms with van der Waals surface area (Å²) in [5.41, 5.74) is 0.607. The van der Waals surface area contributed by atoms with Crippen LogP contribution in [0.25, 0.3) is 0 Å². The predicted molar refractivity (Wildman–Crippen MR) is 80.6 cm³/mol. The average molecular weight is 279 g/mol. The van der Waals surface area contributed by atoms with Crippen molar-refractivity contribution in [3.8, 4) is 0 Å². The Labute approximate surface area is 123 Å². The summed E-state index contributed by atoms with van der Waals surface area (Å²) in [4.78, 5) is 19.3. The summed E-state index contributed by atoms with van der Waals surface area (Å²) in [6.07, 6.45) is 3.37. The van der Waals surface area contributed by atoms with E-state index in [1.807, 2.05) is 0 Å². The van der Waals surface area contributed by atoms with Gasteiger partial charge < -0.3 is 9.80 Å². The molecular weight excluding hydrogens is 250 g/mol. The van der Waals surface area contributed by atoms with E-state index in [1.165, 1.54) is 25.9 Å². The van der Waals surface area contributed by atoms with Crippen molar-refractivity contribution in [1.82, 2.24) is 14.7 Å². The molecule has 0 aromatic carbocycles. The fraction of sp³-hybridized carbons (Fsp3) is 0.938. The molecule has 2 heterocycles. The van der Waals surface area contributed by atoms with Crippen LogP contribution in [0.2, 0.25) is 0 Å². The first-order valence-corrected chi connectivity index (χ1v) is 8.18. The van der Waals surface area contributed by atoms with Crippen LogP contribution in [0, 0.1) is 11.3 Å². The molecule has 1 spiro atoms. The second kappa shape index (κ2) is 5.30. The Morgan fingerprint density at radius 1 is 1.15 bits per heavy atom. The normalized spacial score (nSPS) is 27.7. The number of nitrogens with zero attached hydrogens (tertiary/aromatic N) is 3. The Morgan fingerprint density at radius 3 is 2.25 bits per heavy atom. The number of piperazine rings is 1. The molecule has 3 fully saturated rings. The van der Waals surface area contributed by atoms with Crippen LogP contribution < -0.4 is 0 Å². The third-order valence-electron chi connectivity index (χ3n) is 5.51. The molecule has 114 valence electrons. The molecule has 0 aromatic rings. The van der Waals surface area contributed by atoms with E-state index in [0.29, 0.717) is 23.3 Å². The second-order valence-corrected chi connectivity index (χ2v) is 7.66. The highest BCUT2D eigenvalue weighted by Crippen LogP contribution is 2.52. The van der Waals surface area contributed by atoms with Crippen LogP contribution in [-0.4, -0.2) is 73.0 Å². The molecule has 20 heavy (non-hydrogen) atoms. The molecule has 0 aromatic heterocycles. The lowest BCUT2D eigenvalue weighted by Gasteiger charge is -2.58. The Morgan fingerprint density at radius 2 is 1.75 bits per heavy atom. The summed E-state index contributed by atoms with van der Waals surface area (Å²) in [6, 6.07) is 0.606. The van der Waals surface area contributed by atoms with E-state index in [9.17, 15) is 4.79 Å². The van der Waals surface area contributed by atoms with Gasteiger partial charge in [0.15, 0.2) is 0 Å². The Bertz CT molecular complexity index is 360. The van der Waals surface area contributed by atoms with Gasteiger partial charge in [-0.2, -0.15) is 0 Å². The van der Waals surface area contributed by atoms with Gasteiger partial charge in [0.1, 0.15) is 0 Å². The Kier molecular flexibility index (Phi) is 3.80. The van der Waals surface area contributed by atoms with Gasteiger partial charge in [-0.15, -0.1) is 0 Å². The summed E-state index contributed by atoms with van der Waals surface area (Å²) in [7, 11) is 2.19. The number of hydrogen-bond donors (Lipinski definition) is 0. The molecule has 1 saturated carbocycles. The number of carbonyl (C=O) groups excluding carboxylic acids is 1. The molecule has 3 aliphatic rings. The largest absolute Gasteiger partial charge is 0.340 e. The summed E-state index contributed by atoms with van der Waals surface area (Å²) >= 11 is 0. The van der Waals surface area contributed by atoms with Crippen molar-refractivity contribution in [2.45, 2.75) is 39.2 Å². The number of hydrogen-bond acceptors (Lipinski definition) is 3. The van der Waals surface area contributed by atoms with E-state index in [1.54, 1.807) is 0 Å². The molecule has 0 bridgehead atoms. The lowest BCUT2D eigenvalue weighted by atomic mass is 9.57. The van der Waals surface area contributed by atoms with Crippen LogP contribution >= 0.6 is 0 Å². The van der Waals surface area contributed by atoms with Gasteiger partial charge in [-0.25, -0.2) is 0 Å². The zero-order valence-corrected chi connectivity index (χ0v) is 13.3. The number of likely N-dealkylation sites (tertiary alicyclic amines) is 1. The number of carbonyl (C=O) groups is 1. The van der Waals surface area contributed by atoms with Crippen LogP contribution in [-0.2, 0) is 4.79 Å². The summed E-state index contributed by atoms with van der Waals surface area (Å²) in [5.74, 6) is 1.07. The Balaban J connectivity index is 1.38. The molecule has 0 atom stereocenters. The van der Waals surface area contributed by atoms with E-state index in [-0.39, 0.29) is 0 Å². The van der Waals surface area contributed by atoms with Crippen molar-refractivity contribution in [3.05, 3.63) is 0 Å². The zero-order valence-electron chi connectivity index (χ0n) is 13.3. The Hall–Kier alpha value is -0.610. The molecule has 0 radical (unpaired) electrons. The zero-order chi connectivity index (χ0) is 14.3. The fourth-order valence-corrected chi connectivity index (χ4v) is 4.53. The van der Waals surface area contributed by atoms with Gasteiger partial charge in [-0.3, -0.25) is 9.69 Å². The maximum Gasteiger partial charge on any atom is 0.222 e. The van der Waals surface area contributed by atoms with Crippen molar-refractivity contribution >= 4 is 5.91 Å². The molecule has 1 aliphatic carbocycles. The summed E-state index contributed by atoms with van der Waals surface area (Å²) < 4.78 is 0. The minimum Gasteiger partial charge on any atom is -0.340 e. The number of rotatable bonds is 3. The molecule has 1 amide bonds. The molecule has 0 unspecified atom stereocenters. The molecular formula is C16H29N3O. The van der Waals surface area contributed by atoms with E-state index in [4.69, 9.17) is 0 Å². The molecule has 2 saturated heterocycles. The predicted octanol–water partition coefficient (Wildman–Crippen LogP) is 1.27. The van der Waals surface area contributed by atoms with Crippen molar-refractivity contribution < 1.29 is 4.79 Å². The van der Waals surface area contributed by atoms with Crippen LogP contribution in [0.4, 0.5) is 0 Å². The molecule has 2 aliphatic heterocycles. The van der Waals surface area contributed by atoms with E-state index in [0.717, 1.165) is 32.6 Å². The highest BCUT2D eigenvalue weighted by molar-refractivity contribution is 5.76. The standard InChI is InChI=1S/C16H29N3O/c1-13(2)18-4-6-19(7-5-18)15(20)8-14-9-16(10-14)11-17(3)12-16/h13-14H,4-12H2,1-3H3. The maximum atomic E-state index is 12.4. The minimum absolute atomic E-state index is 0.404. The van der Waals surface area contributed by atoms with E-state index >= 15 is 0 Å². The fourth-order valence-electron chi connectivity index (χ4n) is 4.53. The van der Waals surface area contributed by atoms with Gasteiger partial charge in [-0.1, -0.05) is 0 Å². The van der Waals surface area contributed by atoms with Gasteiger partial charge in [0.25, 0.3) is 0 Å². The van der Waals surface area contributed by atoms with Crippen LogP contribution in [0.1, 0.15) is 33.1 Å². The van der Waals surface area contributed by atoms with Crippen molar-refractivity contribution in [2.24, 2.45) is 11.3 Å². The summed E-state index contributed by atoms with van der Waals surface area (Å²) in [5, 5.41) is 0. The van der Waals surface area contributed by atoms with Crippen LogP contribution in [0.15, 0.2) is 0 Å². The van der Waals surface area contributed by atoms with Gasteiger partial charge in [0, 0.05) is 51.7 Å². The molecule has 4 heteroatoms. The lowest BCUT2D eigenvalue weighted by molar-refractivity contribution is -0.139. The van der Waals surface area contributed by atoms with Gasteiger partial charge in [0.05, 0.1) is 0 Å². The molecule has 4 nitrogen and oxygen atoms in total. The first kappa shape index (κ1) is 14.3. The van der Waals surface area contributed by atoms with Crippen LogP contribution in [0.3, 0.4) is 0 Å². The van der Waals surface area contributed by atoms with Gasteiger partial charge in [0.2, 0.25) is 5.91 Å². The SMILES string of the molecule is CC(C)N1CCN(C(=O)CC2CC3(C2)CN(C)C3)CC1. The van der Waals surface area contributed by atoms with Crippen LogP contribution in [0.5, 0.6) is 0 Å². The monoisotopic (exact) mass is 279 g/mol. The number of amides is 1. The quantitative estimate of drug-likeness (QED) is 0.778. The van der Waals surface area contributed by atoms with Gasteiger partial charge >= 0.3 is 0 Å². The van der Waals surface area contributed by atoms with Crippen molar-refractivity contribution in [2.75, 3.05) is 46.3 Å². The highest BCUT2D eigenvalue weighted by atomic mass is 16.2. The van der Waals surface area contributed by atoms with E-state index in [2.05, 4.69) is 35.6 Å². The topological polar surface area (TPSA) is 26.8 Å². The van der Waals surface area contributed by atoms with Crippen molar-refractivity contribution in [3.63, 3.8) is 0 Å². The first-order valence-electron chi connectivity index (χ1n) is 8.18. The third kappa shape index (κ3) is 2.73. The van der Waals surface area contributed by atoms with Gasteiger partial charge in [-0.05, 0) is 45.1 Å². The third-order valence-corrected chi connectivity index (χ3v) is 5.51. The first-order chi connectivity index (χ1) is 9.47. The smallest absolute Gasteiger partial charge is 0.222 e. The van der Waals surface area contributed by atoms with E-state index < -0.39 is 0 Å². The second-order valence-electron chi connectivity index (χ2n) is 7.66. The lowest BCUT2D eigenvalue weighted by Crippen LogP contribution is -2.61. The summed E-state index contributed by atoms with van der Waals surface area (Å²) in [6.45, 7) is 10.9.